The number of thiazole rings is 1. The van der Waals surface area contributed by atoms with Crippen LogP contribution >= 0.6 is 34.7 Å². The third-order valence-electron chi connectivity index (χ3n) is 2.41. The van der Waals surface area contributed by atoms with Gasteiger partial charge in [-0.15, -0.1) is 11.3 Å². The average molecular weight is 322 g/mol. The molecule has 2 aromatic rings. The van der Waals surface area contributed by atoms with Crippen LogP contribution < -0.4 is 5.32 Å². The molecule has 0 spiro atoms. The fraction of sp³-hybridized carbons (Fsp3) is 0. The molecule has 1 fully saturated rings. The van der Waals surface area contributed by atoms with Crippen molar-refractivity contribution in [2.75, 3.05) is 0 Å². The lowest BCUT2D eigenvalue weighted by atomic mass is 10.2. The minimum absolute atomic E-state index is 0.162. The first-order chi connectivity index (χ1) is 9.70. The number of aliphatic imine (C=N–C) groups is 1. The summed E-state index contributed by atoms with van der Waals surface area (Å²) in [5, 5.41) is 6.35. The Balaban J connectivity index is 1.84. The highest BCUT2D eigenvalue weighted by Gasteiger charge is 2.24. The molecule has 0 saturated carbocycles. The van der Waals surface area contributed by atoms with Crippen molar-refractivity contribution in [1.82, 2.24) is 10.3 Å². The molecule has 100 valence electrons. The fourth-order valence-electron chi connectivity index (χ4n) is 1.59. The number of benzene rings is 1. The molecule has 0 aliphatic carbocycles. The van der Waals surface area contributed by atoms with Crippen LogP contribution in [0.15, 0.2) is 45.7 Å². The number of aromatic nitrogens is 1. The van der Waals surface area contributed by atoms with E-state index in [4.69, 9.17) is 11.6 Å². The monoisotopic (exact) mass is 321 g/mol. The van der Waals surface area contributed by atoms with Crippen LogP contribution in [0.4, 0.5) is 5.13 Å². The van der Waals surface area contributed by atoms with Crippen molar-refractivity contribution >= 4 is 57.0 Å². The number of thioether (sulfide) groups is 1. The van der Waals surface area contributed by atoms with Gasteiger partial charge in [0.05, 0.1) is 4.91 Å². The number of hydrogen-bond acceptors (Lipinski definition) is 5. The lowest BCUT2D eigenvalue weighted by Gasteiger charge is -1.95. The van der Waals surface area contributed by atoms with E-state index in [2.05, 4.69) is 15.3 Å². The molecule has 0 atom stereocenters. The Hall–Kier alpha value is -1.63. The molecule has 0 unspecified atom stereocenters. The Labute approximate surface area is 128 Å². The third-order valence-corrected chi connectivity index (χ3v) is 4.22. The van der Waals surface area contributed by atoms with E-state index >= 15 is 0 Å². The standard InChI is InChI=1S/C13H8ClN3OS2/c14-9-3-1-2-8(6-9)7-10-11(18)16-13(20-10)17-12-15-4-5-19-12/h1-7H,(H,15,16,17,18)/b10-7-. The Morgan fingerprint density at radius 1 is 1.40 bits per heavy atom. The molecule has 2 heterocycles. The predicted octanol–water partition coefficient (Wildman–Crippen LogP) is 3.69. The maximum absolute atomic E-state index is 11.9. The minimum Gasteiger partial charge on any atom is -0.300 e. The van der Waals surface area contributed by atoms with Crippen molar-refractivity contribution in [1.29, 1.82) is 0 Å². The van der Waals surface area contributed by atoms with Gasteiger partial charge in [0.2, 0.25) is 5.13 Å². The quantitative estimate of drug-likeness (QED) is 0.858. The number of amides is 1. The molecule has 20 heavy (non-hydrogen) atoms. The number of nitrogens with zero attached hydrogens (tertiary/aromatic N) is 2. The molecule has 1 aliphatic rings. The molecular formula is C13H8ClN3OS2. The van der Waals surface area contributed by atoms with Crippen LogP contribution in [0.3, 0.4) is 0 Å². The number of halogens is 1. The van der Waals surface area contributed by atoms with E-state index in [0.717, 1.165) is 5.56 Å². The number of nitrogens with one attached hydrogen (secondary N) is 1. The van der Waals surface area contributed by atoms with Crippen LogP contribution in [-0.4, -0.2) is 16.1 Å². The maximum atomic E-state index is 11.9. The second-order valence-corrected chi connectivity index (χ2v) is 6.19. The van der Waals surface area contributed by atoms with Gasteiger partial charge in [-0.2, -0.15) is 4.99 Å². The summed E-state index contributed by atoms with van der Waals surface area (Å²) in [4.78, 5) is 20.8. The highest BCUT2D eigenvalue weighted by molar-refractivity contribution is 8.18. The summed E-state index contributed by atoms with van der Waals surface area (Å²) < 4.78 is 0. The van der Waals surface area contributed by atoms with Crippen LogP contribution in [-0.2, 0) is 4.79 Å². The molecule has 1 aliphatic heterocycles. The second-order valence-electron chi connectivity index (χ2n) is 3.85. The van der Waals surface area contributed by atoms with Crippen molar-refractivity contribution in [3.63, 3.8) is 0 Å². The van der Waals surface area contributed by atoms with Gasteiger partial charge >= 0.3 is 0 Å². The van der Waals surface area contributed by atoms with Gasteiger partial charge in [-0.05, 0) is 35.5 Å². The molecule has 1 saturated heterocycles. The SMILES string of the molecule is O=C1NC(=Nc2nccs2)S/C1=C\c1cccc(Cl)c1. The molecule has 4 nitrogen and oxygen atoms in total. The number of rotatable bonds is 2. The molecular weight excluding hydrogens is 314 g/mol. The van der Waals surface area contributed by atoms with Gasteiger partial charge in [-0.3, -0.25) is 4.79 Å². The zero-order chi connectivity index (χ0) is 13.9. The number of carbonyl (C=O) groups is 1. The van der Waals surface area contributed by atoms with E-state index in [1.54, 1.807) is 24.4 Å². The summed E-state index contributed by atoms with van der Waals surface area (Å²) in [5.41, 5.74) is 0.880. The van der Waals surface area contributed by atoms with E-state index in [1.165, 1.54) is 23.1 Å². The summed E-state index contributed by atoms with van der Waals surface area (Å²) in [6, 6.07) is 7.33. The lowest BCUT2D eigenvalue weighted by molar-refractivity contribution is -0.115. The molecule has 1 amide bonds. The molecule has 1 aromatic carbocycles. The topological polar surface area (TPSA) is 54.4 Å². The van der Waals surface area contributed by atoms with Gasteiger partial charge < -0.3 is 5.32 Å². The lowest BCUT2D eigenvalue weighted by Crippen LogP contribution is -2.19. The normalized spacial score (nSPS) is 18.8. The highest BCUT2D eigenvalue weighted by Crippen LogP contribution is 2.28. The van der Waals surface area contributed by atoms with E-state index in [-0.39, 0.29) is 5.91 Å². The second kappa shape index (κ2) is 5.78. The van der Waals surface area contributed by atoms with Gasteiger partial charge in [0, 0.05) is 16.6 Å². The molecule has 1 N–H and O–H groups in total. The van der Waals surface area contributed by atoms with E-state index < -0.39 is 0 Å². The number of hydrogen-bond donors (Lipinski definition) is 1. The van der Waals surface area contributed by atoms with Crippen molar-refractivity contribution in [2.24, 2.45) is 4.99 Å². The van der Waals surface area contributed by atoms with Crippen molar-refractivity contribution < 1.29 is 4.79 Å². The van der Waals surface area contributed by atoms with Crippen molar-refractivity contribution in [3.05, 3.63) is 51.3 Å². The molecule has 3 rings (SSSR count). The van der Waals surface area contributed by atoms with E-state index in [0.29, 0.717) is 20.2 Å². The first-order valence-corrected chi connectivity index (χ1v) is 7.73. The predicted molar refractivity (Wildman–Crippen MR) is 84.4 cm³/mol. The van der Waals surface area contributed by atoms with Crippen LogP contribution in [0, 0.1) is 0 Å². The number of amidine groups is 1. The average Bonchev–Trinajstić information content (AvgIpc) is 3.01. The van der Waals surface area contributed by atoms with Crippen LogP contribution in [0.5, 0.6) is 0 Å². The summed E-state index contributed by atoms with van der Waals surface area (Å²) in [7, 11) is 0. The fourth-order valence-corrected chi connectivity index (χ4v) is 3.17. The molecule has 0 bridgehead atoms. The zero-order valence-corrected chi connectivity index (χ0v) is 12.4. The van der Waals surface area contributed by atoms with Gasteiger partial charge in [-0.1, -0.05) is 23.7 Å². The smallest absolute Gasteiger partial charge is 0.264 e. The van der Waals surface area contributed by atoms with E-state index in [1.807, 2.05) is 17.5 Å². The minimum atomic E-state index is -0.162. The van der Waals surface area contributed by atoms with Crippen LogP contribution in [0.1, 0.15) is 5.56 Å². The molecule has 7 heteroatoms. The van der Waals surface area contributed by atoms with Crippen molar-refractivity contribution in [2.45, 2.75) is 0 Å². The Morgan fingerprint density at radius 2 is 2.30 bits per heavy atom. The van der Waals surface area contributed by atoms with Gasteiger partial charge in [0.1, 0.15) is 0 Å². The van der Waals surface area contributed by atoms with Crippen LogP contribution in [0.2, 0.25) is 5.02 Å². The Morgan fingerprint density at radius 3 is 3.05 bits per heavy atom. The van der Waals surface area contributed by atoms with Gasteiger partial charge in [0.25, 0.3) is 5.91 Å². The summed E-state index contributed by atoms with van der Waals surface area (Å²) in [6.07, 6.45) is 3.46. The summed E-state index contributed by atoms with van der Waals surface area (Å²) in [6.45, 7) is 0. The van der Waals surface area contributed by atoms with E-state index in [9.17, 15) is 4.79 Å². The Bertz CT molecular complexity index is 710. The van der Waals surface area contributed by atoms with Crippen molar-refractivity contribution in [3.8, 4) is 0 Å². The third kappa shape index (κ3) is 3.09. The molecule has 1 aromatic heterocycles. The largest absolute Gasteiger partial charge is 0.300 e. The molecule has 0 radical (unpaired) electrons. The van der Waals surface area contributed by atoms with Gasteiger partial charge in [-0.25, -0.2) is 4.98 Å². The first-order valence-electron chi connectivity index (χ1n) is 5.65. The summed E-state index contributed by atoms with van der Waals surface area (Å²) >= 11 is 8.63. The first kappa shape index (κ1) is 13.4. The highest BCUT2D eigenvalue weighted by atomic mass is 35.5. The zero-order valence-electron chi connectivity index (χ0n) is 10.0. The van der Waals surface area contributed by atoms with Crippen LogP contribution in [0.25, 0.3) is 6.08 Å². The van der Waals surface area contributed by atoms with Gasteiger partial charge in [0.15, 0.2) is 5.17 Å². The number of carbonyl (C=O) groups excluding carboxylic acids is 1. The summed E-state index contributed by atoms with van der Waals surface area (Å²) in [5.74, 6) is -0.162. The maximum Gasteiger partial charge on any atom is 0.264 e. The Kier molecular flexibility index (Phi) is 3.86.